The number of aromatic nitrogens is 2. The number of ether oxygens (including phenoxy) is 1. The van der Waals surface area contributed by atoms with E-state index in [9.17, 15) is 0 Å². The van der Waals surface area contributed by atoms with E-state index in [1.165, 1.54) is 0 Å². The molecule has 0 amide bonds. The summed E-state index contributed by atoms with van der Waals surface area (Å²) in [7, 11) is 0. The molecule has 98 valence electrons. The second kappa shape index (κ2) is 6.01. The van der Waals surface area contributed by atoms with Crippen LogP contribution >= 0.6 is 0 Å². The van der Waals surface area contributed by atoms with Crippen molar-refractivity contribution in [1.82, 2.24) is 9.97 Å². The molecule has 0 spiro atoms. The fraction of sp³-hybridized carbons (Fsp3) is 0.357. The van der Waals surface area contributed by atoms with Gasteiger partial charge in [0.15, 0.2) is 5.82 Å². The van der Waals surface area contributed by atoms with Gasteiger partial charge >= 0.3 is 0 Å². The maximum absolute atomic E-state index is 8.55. The van der Waals surface area contributed by atoms with Crippen molar-refractivity contribution in [1.29, 1.82) is 5.26 Å². The van der Waals surface area contributed by atoms with Gasteiger partial charge in [0.25, 0.3) is 5.88 Å². The van der Waals surface area contributed by atoms with E-state index in [0.29, 0.717) is 24.7 Å². The van der Waals surface area contributed by atoms with Gasteiger partial charge in [-0.1, -0.05) is 12.1 Å². The van der Waals surface area contributed by atoms with Gasteiger partial charge in [-0.2, -0.15) is 5.26 Å². The van der Waals surface area contributed by atoms with E-state index >= 15 is 0 Å². The first-order chi connectivity index (χ1) is 9.20. The van der Waals surface area contributed by atoms with E-state index in [1.54, 1.807) is 0 Å². The van der Waals surface area contributed by atoms with Gasteiger partial charge in [-0.05, 0) is 26.0 Å². The number of nitriles is 1. The Morgan fingerprint density at radius 3 is 2.58 bits per heavy atom. The van der Waals surface area contributed by atoms with Gasteiger partial charge < -0.3 is 10.1 Å². The van der Waals surface area contributed by atoms with Crippen molar-refractivity contribution in [2.45, 2.75) is 26.3 Å². The van der Waals surface area contributed by atoms with E-state index in [4.69, 9.17) is 10.00 Å². The van der Waals surface area contributed by atoms with Crippen LogP contribution < -0.4 is 10.1 Å². The molecule has 2 rings (SSSR count). The molecule has 0 saturated heterocycles. The monoisotopic (exact) mass is 256 g/mol. The molecule has 1 N–H and O–H groups in total. The number of anilines is 1. The van der Waals surface area contributed by atoms with Crippen LogP contribution in [0.1, 0.15) is 20.3 Å². The second-order valence-electron chi connectivity index (χ2n) is 4.42. The topological polar surface area (TPSA) is 70.8 Å². The number of hydrogen-bond acceptors (Lipinski definition) is 5. The molecule has 0 aliphatic rings. The average molecular weight is 256 g/mol. The molecule has 0 radical (unpaired) electrons. The Labute approximate surface area is 112 Å². The molecule has 0 aliphatic heterocycles. The molecule has 0 atom stereocenters. The third-order valence-corrected chi connectivity index (χ3v) is 2.42. The van der Waals surface area contributed by atoms with Crippen molar-refractivity contribution in [3.63, 3.8) is 0 Å². The third-order valence-electron chi connectivity index (χ3n) is 2.42. The zero-order chi connectivity index (χ0) is 13.7. The average Bonchev–Trinajstić information content (AvgIpc) is 2.39. The first-order valence-electron chi connectivity index (χ1n) is 6.24. The van der Waals surface area contributed by atoms with E-state index in [0.717, 1.165) is 11.0 Å². The Morgan fingerprint density at radius 2 is 1.95 bits per heavy atom. The fourth-order valence-corrected chi connectivity index (χ4v) is 1.65. The van der Waals surface area contributed by atoms with E-state index in [-0.39, 0.29) is 6.04 Å². The van der Waals surface area contributed by atoms with E-state index in [1.807, 2.05) is 44.2 Å². The van der Waals surface area contributed by atoms with Crippen LogP contribution in [0.15, 0.2) is 24.3 Å². The summed E-state index contributed by atoms with van der Waals surface area (Å²) in [6.07, 6.45) is 0.329. The summed E-state index contributed by atoms with van der Waals surface area (Å²) in [5.74, 6) is 1.06. The lowest BCUT2D eigenvalue weighted by molar-refractivity contribution is 0.315. The Balaban J connectivity index is 2.36. The van der Waals surface area contributed by atoms with Gasteiger partial charge in [-0.25, -0.2) is 9.97 Å². The number of hydrogen-bond donors (Lipinski definition) is 1. The number of para-hydroxylation sites is 2. The summed E-state index contributed by atoms with van der Waals surface area (Å²) in [5.41, 5.74) is 1.60. The molecule has 0 fully saturated rings. The summed E-state index contributed by atoms with van der Waals surface area (Å²) < 4.78 is 5.53. The standard InChI is InChI=1S/C14H16N4O/c1-10(2)16-13-14(19-9-5-8-15)18-12-7-4-3-6-11(12)17-13/h3-4,6-7,10H,5,9H2,1-2H3,(H,16,17). The van der Waals surface area contributed by atoms with Crippen LogP contribution in [0.4, 0.5) is 5.82 Å². The van der Waals surface area contributed by atoms with E-state index < -0.39 is 0 Å². The Kier molecular flexibility index (Phi) is 4.14. The molecule has 5 nitrogen and oxygen atoms in total. The number of rotatable bonds is 5. The predicted molar refractivity (Wildman–Crippen MR) is 74.0 cm³/mol. The first kappa shape index (κ1) is 13.1. The van der Waals surface area contributed by atoms with Crippen LogP contribution in [0.25, 0.3) is 11.0 Å². The lowest BCUT2D eigenvalue weighted by Crippen LogP contribution is -2.13. The molecule has 0 bridgehead atoms. The van der Waals surface area contributed by atoms with Gasteiger partial charge in [0.05, 0.1) is 23.5 Å². The van der Waals surface area contributed by atoms with Gasteiger partial charge in [0.2, 0.25) is 0 Å². The molecule has 0 unspecified atom stereocenters. The lowest BCUT2D eigenvalue weighted by Gasteiger charge is -2.14. The highest BCUT2D eigenvalue weighted by Crippen LogP contribution is 2.24. The van der Waals surface area contributed by atoms with Gasteiger partial charge in [0, 0.05) is 6.04 Å². The first-order valence-corrected chi connectivity index (χ1v) is 6.24. The minimum absolute atomic E-state index is 0.230. The lowest BCUT2D eigenvalue weighted by atomic mass is 10.3. The smallest absolute Gasteiger partial charge is 0.258 e. The largest absolute Gasteiger partial charge is 0.474 e. The van der Waals surface area contributed by atoms with Crippen molar-refractivity contribution in [2.75, 3.05) is 11.9 Å². The molecule has 1 aromatic heterocycles. The molecular formula is C14H16N4O. The van der Waals surface area contributed by atoms with Crippen LogP contribution in [0.3, 0.4) is 0 Å². The highest BCUT2D eigenvalue weighted by molar-refractivity contribution is 5.77. The minimum atomic E-state index is 0.230. The summed E-state index contributed by atoms with van der Waals surface area (Å²) in [6, 6.07) is 9.90. The number of benzene rings is 1. The van der Waals surface area contributed by atoms with Crippen molar-refractivity contribution in [3.8, 4) is 11.9 Å². The Hall–Kier alpha value is -2.35. The highest BCUT2D eigenvalue weighted by atomic mass is 16.5. The molecule has 0 saturated carbocycles. The zero-order valence-electron chi connectivity index (χ0n) is 11.1. The van der Waals surface area contributed by atoms with Crippen molar-refractivity contribution < 1.29 is 4.74 Å². The third kappa shape index (κ3) is 3.32. The number of nitrogens with one attached hydrogen (secondary N) is 1. The number of nitrogens with zero attached hydrogens (tertiary/aromatic N) is 3. The molecule has 1 aromatic carbocycles. The van der Waals surface area contributed by atoms with E-state index in [2.05, 4.69) is 15.3 Å². The second-order valence-corrected chi connectivity index (χ2v) is 4.42. The van der Waals surface area contributed by atoms with Crippen LogP contribution in [-0.2, 0) is 0 Å². The van der Waals surface area contributed by atoms with Gasteiger partial charge in [-0.15, -0.1) is 0 Å². The fourth-order valence-electron chi connectivity index (χ4n) is 1.65. The summed E-state index contributed by atoms with van der Waals surface area (Å²) in [6.45, 7) is 4.36. The summed E-state index contributed by atoms with van der Waals surface area (Å²) in [5, 5.41) is 11.8. The Morgan fingerprint density at radius 1 is 1.26 bits per heavy atom. The molecule has 0 aliphatic carbocycles. The maximum atomic E-state index is 8.55. The predicted octanol–water partition coefficient (Wildman–Crippen LogP) is 2.74. The minimum Gasteiger partial charge on any atom is -0.474 e. The maximum Gasteiger partial charge on any atom is 0.258 e. The number of fused-ring (bicyclic) bond motifs is 1. The van der Waals surface area contributed by atoms with Crippen LogP contribution in [0, 0.1) is 11.3 Å². The highest BCUT2D eigenvalue weighted by Gasteiger charge is 2.10. The zero-order valence-corrected chi connectivity index (χ0v) is 11.1. The van der Waals surface area contributed by atoms with Gasteiger partial charge in [-0.3, -0.25) is 0 Å². The molecule has 2 aromatic rings. The quantitative estimate of drug-likeness (QED) is 0.833. The molecular weight excluding hydrogens is 240 g/mol. The van der Waals surface area contributed by atoms with Crippen molar-refractivity contribution in [3.05, 3.63) is 24.3 Å². The normalized spacial score (nSPS) is 10.4. The van der Waals surface area contributed by atoms with Crippen LogP contribution in [0.5, 0.6) is 5.88 Å². The molecule has 5 heteroatoms. The summed E-state index contributed by atoms with van der Waals surface area (Å²) in [4.78, 5) is 8.96. The van der Waals surface area contributed by atoms with Crippen molar-refractivity contribution in [2.24, 2.45) is 0 Å². The van der Waals surface area contributed by atoms with Crippen LogP contribution in [-0.4, -0.2) is 22.6 Å². The Bertz CT molecular complexity index is 604. The summed E-state index contributed by atoms with van der Waals surface area (Å²) >= 11 is 0. The van der Waals surface area contributed by atoms with Gasteiger partial charge in [0.1, 0.15) is 6.61 Å². The molecule has 1 heterocycles. The van der Waals surface area contributed by atoms with Crippen LogP contribution in [0.2, 0.25) is 0 Å². The SMILES string of the molecule is CC(C)Nc1nc2ccccc2nc1OCCC#N. The molecule has 19 heavy (non-hydrogen) atoms. The van der Waals surface area contributed by atoms with Crippen molar-refractivity contribution >= 4 is 16.9 Å².